The van der Waals surface area contributed by atoms with Gasteiger partial charge in [-0.2, -0.15) is 0 Å². The molecule has 0 spiro atoms. The Bertz CT molecular complexity index is 729. The molecule has 1 saturated heterocycles. The molecule has 0 aliphatic carbocycles. The second-order valence-electron chi connectivity index (χ2n) is 5.86. The average Bonchev–Trinajstić information content (AvgIpc) is 3.20. The fourth-order valence-electron chi connectivity index (χ4n) is 2.81. The number of nitrogens with zero attached hydrogens (tertiary/aromatic N) is 2. The van der Waals surface area contributed by atoms with Gasteiger partial charge in [-0.05, 0) is 30.7 Å². The summed E-state index contributed by atoms with van der Waals surface area (Å²) in [6, 6.07) is 6.92. The number of aromatic nitrogens is 2. The molecule has 2 aromatic rings. The number of aliphatic hydroxyl groups excluding tert-OH is 1. The number of benzene rings is 1. The minimum Gasteiger partial charge on any atom is -0.388 e. The van der Waals surface area contributed by atoms with Crippen molar-refractivity contribution in [1.29, 1.82) is 0 Å². The molecule has 7 heteroatoms. The quantitative estimate of drug-likeness (QED) is 0.886. The van der Waals surface area contributed by atoms with Crippen molar-refractivity contribution in [3.05, 3.63) is 40.7 Å². The minimum absolute atomic E-state index is 0.224. The molecule has 0 unspecified atom stereocenters. The number of likely N-dealkylation sites (N-methyl/N-ethyl adjacent to an activating group) is 1. The first-order chi connectivity index (χ1) is 11.5. The number of halogens is 1. The van der Waals surface area contributed by atoms with Gasteiger partial charge in [0.15, 0.2) is 0 Å². The molecule has 0 bridgehead atoms. The molecule has 0 saturated carbocycles. The molecule has 1 amide bonds. The van der Waals surface area contributed by atoms with Crippen molar-refractivity contribution < 1.29 is 14.6 Å². The number of aliphatic hydroxyl groups is 1. The summed E-state index contributed by atoms with van der Waals surface area (Å²) in [4.78, 5) is 22.0. The van der Waals surface area contributed by atoms with Gasteiger partial charge in [0.1, 0.15) is 11.5 Å². The maximum Gasteiger partial charge on any atom is 0.274 e. The SMILES string of the molecule is CCc1[nH]c(-c2ccc(Cl)cc2)nc1C(=O)N(C)[C@@H]1COC[C@H]1O. The number of H-pyrrole nitrogens is 1. The van der Waals surface area contributed by atoms with Crippen LogP contribution in [0.5, 0.6) is 0 Å². The second-order valence-corrected chi connectivity index (χ2v) is 6.30. The number of carbonyl (C=O) groups excluding carboxylic acids is 1. The fourth-order valence-corrected chi connectivity index (χ4v) is 2.93. The number of aromatic amines is 1. The van der Waals surface area contributed by atoms with E-state index < -0.39 is 6.10 Å². The molecule has 0 radical (unpaired) electrons. The molecule has 1 aliphatic heterocycles. The molecular weight excluding hydrogens is 330 g/mol. The van der Waals surface area contributed by atoms with Crippen molar-refractivity contribution in [2.45, 2.75) is 25.5 Å². The van der Waals surface area contributed by atoms with Crippen LogP contribution in [0.2, 0.25) is 5.02 Å². The number of rotatable bonds is 4. The fraction of sp³-hybridized carbons (Fsp3) is 0.412. The van der Waals surface area contributed by atoms with E-state index in [-0.39, 0.29) is 18.6 Å². The van der Waals surface area contributed by atoms with E-state index >= 15 is 0 Å². The summed E-state index contributed by atoms with van der Waals surface area (Å²) in [5, 5.41) is 10.6. The van der Waals surface area contributed by atoms with Crippen LogP contribution in [-0.2, 0) is 11.2 Å². The molecule has 128 valence electrons. The Kier molecular flexibility index (Phi) is 4.89. The van der Waals surface area contributed by atoms with Crippen molar-refractivity contribution >= 4 is 17.5 Å². The normalized spacial score (nSPS) is 20.3. The molecule has 2 atom stereocenters. The van der Waals surface area contributed by atoms with Crippen LogP contribution in [0, 0.1) is 0 Å². The first kappa shape index (κ1) is 17.0. The maximum atomic E-state index is 12.8. The van der Waals surface area contributed by atoms with Gasteiger partial charge in [-0.3, -0.25) is 4.79 Å². The number of nitrogens with one attached hydrogen (secondary N) is 1. The molecule has 1 fully saturated rings. The van der Waals surface area contributed by atoms with E-state index in [1.165, 1.54) is 4.90 Å². The minimum atomic E-state index is -0.668. The van der Waals surface area contributed by atoms with Crippen LogP contribution >= 0.6 is 11.6 Å². The lowest BCUT2D eigenvalue weighted by molar-refractivity contribution is 0.0575. The standard InChI is InChI=1S/C17H20ClN3O3/c1-3-12-15(17(23)21(2)13-8-24-9-14(13)22)20-16(19-12)10-4-6-11(18)7-5-10/h4-7,13-14,22H,3,8-9H2,1-2H3,(H,19,20)/t13-,14-/m1/s1. The summed E-state index contributed by atoms with van der Waals surface area (Å²) in [5.74, 6) is 0.404. The number of ether oxygens (including phenoxy) is 1. The van der Waals surface area contributed by atoms with Gasteiger partial charge in [0.05, 0.1) is 25.4 Å². The Morgan fingerprint density at radius 3 is 2.71 bits per heavy atom. The van der Waals surface area contributed by atoms with Crippen molar-refractivity contribution in [3.63, 3.8) is 0 Å². The van der Waals surface area contributed by atoms with Crippen molar-refractivity contribution in [2.75, 3.05) is 20.3 Å². The molecular formula is C17H20ClN3O3. The van der Waals surface area contributed by atoms with Crippen molar-refractivity contribution in [1.82, 2.24) is 14.9 Å². The zero-order valence-electron chi connectivity index (χ0n) is 13.6. The number of aryl methyl sites for hydroxylation is 1. The van der Waals surface area contributed by atoms with Gasteiger partial charge in [0.25, 0.3) is 5.91 Å². The third-order valence-electron chi connectivity index (χ3n) is 4.29. The highest BCUT2D eigenvalue weighted by Crippen LogP contribution is 2.23. The van der Waals surface area contributed by atoms with Crippen LogP contribution in [0.25, 0.3) is 11.4 Å². The summed E-state index contributed by atoms with van der Waals surface area (Å²) in [6.45, 7) is 2.54. The van der Waals surface area contributed by atoms with Gasteiger partial charge in [-0.1, -0.05) is 18.5 Å². The smallest absolute Gasteiger partial charge is 0.274 e. The van der Waals surface area contributed by atoms with Gasteiger partial charge in [-0.15, -0.1) is 0 Å². The lowest BCUT2D eigenvalue weighted by Gasteiger charge is -2.25. The van der Waals surface area contributed by atoms with Crippen molar-refractivity contribution in [2.24, 2.45) is 0 Å². The Morgan fingerprint density at radius 1 is 1.42 bits per heavy atom. The number of hydrogen-bond donors (Lipinski definition) is 2. The Morgan fingerprint density at radius 2 is 2.12 bits per heavy atom. The highest BCUT2D eigenvalue weighted by atomic mass is 35.5. The lowest BCUT2D eigenvalue weighted by Crippen LogP contribution is -2.44. The number of hydrogen-bond acceptors (Lipinski definition) is 4. The third kappa shape index (κ3) is 3.17. The molecule has 2 N–H and O–H groups in total. The van der Waals surface area contributed by atoms with Crippen LogP contribution in [0.4, 0.5) is 0 Å². The van der Waals surface area contributed by atoms with E-state index in [0.717, 1.165) is 11.3 Å². The maximum absolute atomic E-state index is 12.8. The third-order valence-corrected chi connectivity index (χ3v) is 4.54. The number of amides is 1. The highest BCUT2D eigenvalue weighted by Gasteiger charge is 2.34. The predicted octanol–water partition coefficient (Wildman–Crippen LogP) is 2.12. The van der Waals surface area contributed by atoms with E-state index in [1.807, 2.05) is 19.1 Å². The summed E-state index contributed by atoms with van der Waals surface area (Å²) in [5.41, 5.74) is 2.01. The Hall–Kier alpha value is -1.89. The lowest BCUT2D eigenvalue weighted by atomic mass is 10.1. The molecule has 1 aromatic carbocycles. The van der Waals surface area contributed by atoms with Gasteiger partial charge < -0.3 is 19.7 Å². The largest absolute Gasteiger partial charge is 0.388 e. The summed E-state index contributed by atoms with van der Waals surface area (Å²) in [7, 11) is 1.67. The van der Waals surface area contributed by atoms with Gasteiger partial charge in [0, 0.05) is 23.3 Å². The first-order valence-corrected chi connectivity index (χ1v) is 8.26. The zero-order valence-corrected chi connectivity index (χ0v) is 14.4. The summed E-state index contributed by atoms with van der Waals surface area (Å²) >= 11 is 5.91. The van der Waals surface area contributed by atoms with E-state index in [0.29, 0.717) is 29.6 Å². The Labute approximate surface area is 145 Å². The monoisotopic (exact) mass is 349 g/mol. The first-order valence-electron chi connectivity index (χ1n) is 7.89. The molecule has 24 heavy (non-hydrogen) atoms. The van der Waals surface area contributed by atoms with Crippen LogP contribution < -0.4 is 0 Å². The molecule has 1 aromatic heterocycles. The van der Waals surface area contributed by atoms with E-state index in [2.05, 4.69) is 9.97 Å². The molecule has 2 heterocycles. The van der Waals surface area contributed by atoms with Gasteiger partial charge in [0.2, 0.25) is 0 Å². The van der Waals surface area contributed by atoms with Crippen LogP contribution in [0.3, 0.4) is 0 Å². The summed E-state index contributed by atoms with van der Waals surface area (Å²) < 4.78 is 5.23. The van der Waals surface area contributed by atoms with Crippen LogP contribution in [0.15, 0.2) is 24.3 Å². The average molecular weight is 350 g/mol. The van der Waals surface area contributed by atoms with E-state index in [4.69, 9.17) is 16.3 Å². The zero-order chi connectivity index (χ0) is 17.3. The van der Waals surface area contributed by atoms with Crippen LogP contribution in [-0.4, -0.2) is 58.3 Å². The summed E-state index contributed by atoms with van der Waals surface area (Å²) in [6.07, 6.45) is -0.0159. The molecule has 6 nitrogen and oxygen atoms in total. The number of imidazole rings is 1. The molecule has 3 rings (SSSR count). The predicted molar refractivity (Wildman–Crippen MR) is 91.1 cm³/mol. The van der Waals surface area contributed by atoms with Gasteiger partial charge >= 0.3 is 0 Å². The highest BCUT2D eigenvalue weighted by molar-refractivity contribution is 6.30. The van der Waals surface area contributed by atoms with E-state index in [9.17, 15) is 9.90 Å². The Balaban J connectivity index is 1.89. The molecule has 1 aliphatic rings. The topological polar surface area (TPSA) is 78.5 Å². The van der Waals surface area contributed by atoms with E-state index in [1.54, 1.807) is 19.2 Å². The van der Waals surface area contributed by atoms with Crippen molar-refractivity contribution in [3.8, 4) is 11.4 Å². The second kappa shape index (κ2) is 6.93. The van der Waals surface area contributed by atoms with Gasteiger partial charge in [-0.25, -0.2) is 4.98 Å². The number of carbonyl (C=O) groups is 1. The van der Waals surface area contributed by atoms with Crippen LogP contribution in [0.1, 0.15) is 23.1 Å².